The third-order valence-electron chi connectivity index (χ3n) is 4.66. The summed E-state index contributed by atoms with van der Waals surface area (Å²) >= 11 is 5.89. The molecule has 3 aromatic rings. The molecule has 168 valence electrons. The average Bonchev–Trinajstić information content (AvgIpc) is 3.02. The summed E-state index contributed by atoms with van der Waals surface area (Å²) in [6.45, 7) is 3.18. The largest absolute Gasteiger partial charge is 0.506 e. The number of halogens is 1. The van der Waals surface area contributed by atoms with Crippen LogP contribution in [0.1, 0.15) is 32.1 Å². The molecule has 4 N–H and O–H groups in total. The van der Waals surface area contributed by atoms with Gasteiger partial charge in [0.05, 0.1) is 28.9 Å². The lowest BCUT2D eigenvalue weighted by Gasteiger charge is -2.12. The monoisotopic (exact) mass is 477 g/mol. The van der Waals surface area contributed by atoms with Gasteiger partial charge in [-0.25, -0.2) is 13.2 Å². The molecule has 0 fully saturated rings. The average molecular weight is 478 g/mol. The molecule has 0 saturated carbocycles. The highest BCUT2D eigenvalue weighted by atomic mass is 35.5. The fraction of sp³-hybridized carbons (Fsp3) is 0.143. The normalized spacial score (nSPS) is 11.1. The van der Waals surface area contributed by atoms with Crippen molar-refractivity contribution in [2.75, 3.05) is 17.1 Å². The topological polar surface area (TPSA) is 138 Å². The van der Waals surface area contributed by atoms with Gasteiger partial charge in [0, 0.05) is 10.7 Å². The van der Waals surface area contributed by atoms with Gasteiger partial charge < -0.3 is 20.1 Å². The molecule has 0 bridgehead atoms. The molecule has 3 rings (SSSR count). The number of sulfonamides is 1. The molecule has 1 aromatic heterocycles. The molecule has 0 spiro atoms. The van der Waals surface area contributed by atoms with Gasteiger partial charge in [-0.05, 0) is 55.8 Å². The summed E-state index contributed by atoms with van der Waals surface area (Å²) in [5.41, 5.74) is 1.22. The number of hydrogen-bond acceptors (Lipinski definition) is 6. The minimum atomic E-state index is -4.04. The Morgan fingerprint density at radius 3 is 2.50 bits per heavy atom. The minimum absolute atomic E-state index is 0.0765. The number of esters is 1. The van der Waals surface area contributed by atoms with E-state index in [0.717, 1.165) is 12.1 Å². The Hall–Kier alpha value is -3.50. The van der Waals surface area contributed by atoms with Crippen LogP contribution in [0, 0.1) is 13.8 Å². The maximum Gasteiger partial charge on any atom is 0.339 e. The standard InChI is InChI=1S/C21H20ClN3O6S/c1-11-18(21(28)31-3)12(2)23-19(11)20(27)24-16-10-15(7-8-17(16)26)32(29,30)25-14-6-4-5-13(22)9-14/h4-10,23,25-26H,1-3H3,(H,24,27). The number of aromatic hydroxyl groups is 1. The summed E-state index contributed by atoms with van der Waals surface area (Å²) in [6.07, 6.45) is 0. The summed E-state index contributed by atoms with van der Waals surface area (Å²) in [7, 11) is -2.80. The number of methoxy groups -OCH3 is 1. The number of benzene rings is 2. The number of amides is 1. The maximum atomic E-state index is 12.8. The van der Waals surface area contributed by atoms with E-state index in [0.29, 0.717) is 16.3 Å². The summed E-state index contributed by atoms with van der Waals surface area (Å²) in [4.78, 5) is 27.3. The quantitative estimate of drug-likeness (QED) is 0.314. The number of aryl methyl sites for hydroxylation is 1. The van der Waals surface area contributed by atoms with E-state index in [1.165, 1.54) is 25.3 Å². The second-order valence-electron chi connectivity index (χ2n) is 6.87. The second kappa shape index (κ2) is 8.93. The number of aromatic amines is 1. The summed E-state index contributed by atoms with van der Waals surface area (Å²) in [5.74, 6) is -1.61. The SMILES string of the molecule is COC(=O)c1c(C)[nH]c(C(=O)Nc2cc(S(=O)(=O)Nc3cccc(Cl)c3)ccc2O)c1C. The number of nitrogens with one attached hydrogen (secondary N) is 3. The van der Waals surface area contributed by atoms with Crippen LogP contribution in [-0.4, -0.2) is 37.5 Å². The predicted octanol–water partition coefficient (Wildman–Crippen LogP) is 3.83. The number of rotatable bonds is 6. The van der Waals surface area contributed by atoms with Crippen molar-refractivity contribution in [3.05, 3.63) is 70.0 Å². The van der Waals surface area contributed by atoms with E-state index in [9.17, 15) is 23.1 Å². The number of ether oxygens (including phenoxy) is 1. The van der Waals surface area contributed by atoms with Gasteiger partial charge >= 0.3 is 5.97 Å². The van der Waals surface area contributed by atoms with Gasteiger partial charge in [-0.15, -0.1) is 0 Å². The van der Waals surface area contributed by atoms with Crippen LogP contribution in [0.25, 0.3) is 0 Å². The summed E-state index contributed by atoms with van der Waals surface area (Å²) < 4.78 is 32.6. The van der Waals surface area contributed by atoms with E-state index in [4.69, 9.17) is 16.3 Å². The molecule has 1 heterocycles. The first-order valence-electron chi connectivity index (χ1n) is 9.23. The van der Waals surface area contributed by atoms with Crippen LogP contribution >= 0.6 is 11.6 Å². The van der Waals surface area contributed by atoms with E-state index >= 15 is 0 Å². The Labute approximate surface area is 189 Å². The lowest BCUT2D eigenvalue weighted by molar-refractivity contribution is 0.0599. The van der Waals surface area contributed by atoms with Crippen molar-refractivity contribution in [3.63, 3.8) is 0 Å². The van der Waals surface area contributed by atoms with Crippen LogP contribution in [-0.2, 0) is 14.8 Å². The van der Waals surface area contributed by atoms with Crippen molar-refractivity contribution in [1.29, 1.82) is 0 Å². The Balaban J connectivity index is 1.90. The number of phenols is 1. The molecule has 0 radical (unpaired) electrons. The van der Waals surface area contributed by atoms with Crippen molar-refractivity contribution in [2.24, 2.45) is 0 Å². The highest BCUT2D eigenvalue weighted by molar-refractivity contribution is 7.92. The molecule has 0 unspecified atom stereocenters. The van der Waals surface area contributed by atoms with Gasteiger partial charge in [-0.2, -0.15) is 0 Å². The third kappa shape index (κ3) is 4.71. The number of H-pyrrole nitrogens is 1. The first-order chi connectivity index (χ1) is 15.0. The molecule has 11 heteroatoms. The van der Waals surface area contributed by atoms with Crippen molar-refractivity contribution in [2.45, 2.75) is 18.7 Å². The molecule has 1 amide bonds. The van der Waals surface area contributed by atoms with Crippen molar-refractivity contribution >= 4 is 44.9 Å². The Kier molecular flexibility index (Phi) is 6.47. The van der Waals surface area contributed by atoms with Gasteiger partial charge in [0.2, 0.25) is 0 Å². The molecule has 32 heavy (non-hydrogen) atoms. The Bertz CT molecular complexity index is 1320. The van der Waals surface area contributed by atoms with E-state index in [2.05, 4.69) is 15.0 Å². The third-order valence-corrected chi connectivity index (χ3v) is 6.27. The van der Waals surface area contributed by atoms with Crippen LogP contribution in [0.2, 0.25) is 5.02 Å². The van der Waals surface area contributed by atoms with E-state index in [1.54, 1.807) is 26.0 Å². The van der Waals surface area contributed by atoms with Gasteiger partial charge in [-0.3, -0.25) is 9.52 Å². The summed E-state index contributed by atoms with van der Waals surface area (Å²) in [5, 5.41) is 13.0. The maximum absolute atomic E-state index is 12.8. The molecule has 9 nitrogen and oxygen atoms in total. The van der Waals surface area contributed by atoms with Crippen LogP contribution in [0.4, 0.5) is 11.4 Å². The van der Waals surface area contributed by atoms with Crippen LogP contribution in [0.15, 0.2) is 47.4 Å². The van der Waals surface area contributed by atoms with Gasteiger partial charge in [0.15, 0.2) is 0 Å². The van der Waals surface area contributed by atoms with E-state index < -0.39 is 21.9 Å². The molecular formula is C21H20ClN3O6S. The molecule has 0 saturated heterocycles. The number of carbonyl (C=O) groups is 2. The van der Waals surface area contributed by atoms with Crippen molar-refractivity contribution in [3.8, 4) is 5.75 Å². The van der Waals surface area contributed by atoms with Gasteiger partial charge in [0.1, 0.15) is 11.4 Å². The zero-order valence-corrected chi connectivity index (χ0v) is 18.9. The smallest absolute Gasteiger partial charge is 0.339 e. The van der Waals surface area contributed by atoms with Crippen LogP contribution in [0.3, 0.4) is 0 Å². The molecule has 0 aliphatic rings. The molecule has 0 aliphatic carbocycles. The number of phenolic OH excluding ortho intramolecular Hbond substituents is 1. The van der Waals surface area contributed by atoms with Crippen LogP contribution in [0.5, 0.6) is 5.75 Å². The molecule has 2 aromatic carbocycles. The lowest BCUT2D eigenvalue weighted by Crippen LogP contribution is -2.16. The molecule has 0 aliphatic heterocycles. The fourth-order valence-electron chi connectivity index (χ4n) is 3.12. The zero-order chi connectivity index (χ0) is 23.6. The highest BCUT2D eigenvalue weighted by Crippen LogP contribution is 2.29. The fourth-order valence-corrected chi connectivity index (χ4v) is 4.38. The first-order valence-corrected chi connectivity index (χ1v) is 11.1. The number of carbonyl (C=O) groups excluding carboxylic acids is 2. The van der Waals surface area contributed by atoms with Gasteiger partial charge in [0.25, 0.3) is 15.9 Å². The minimum Gasteiger partial charge on any atom is -0.506 e. The Morgan fingerprint density at radius 2 is 1.84 bits per heavy atom. The van der Waals surface area contributed by atoms with E-state index in [1.807, 2.05) is 0 Å². The number of hydrogen-bond donors (Lipinski definition) is 4. The van der Waals surface area contributed by atoms with E-state index in [-0.39, 0.29) is 33.3 Å². The zero-order valence-electron chi connectivity index (χ0n) is 17.3. The second-order valence-corrected chi connectivity index (χ2v) is 8.98. The van der Waals surface area contributed by atoms with Crippen molar-refractivity contribution < 1.29 is 27.9 Å². The Morgan fingerprint density at radius 1 is 1.12 bits per heavy atom. The summed E-state index contributed by atoms with van der Waals surface area (Å²) in [6, 6.07) is 9.62. The lowest BCUT2D eigenvalue weighted by atomic mass is 10.1. The van der Waals surface area contributed by atoms with Crippen LogP contribution < -0.4 is 10.0 Å². The van der Waals surface area contributed by atoms with Gasteiger partial charge in [-0.1, -0.05) is 17.7 Å². The number of anilines is 2. The predicted molar refractivity (Wildman–Crippen MR) is 120 cm³/mol. The highest BCUT2D eigenvalue weighted by Gasteiger charge is 2.24. The molecular weight excluding hydrogens is 458 g/mol. The van der Waals surface area contributed by atoms with Crippen molar-refractivity contribution in [1.82, 2.24) is 4.98 Å². The number of aromatic nitrogens is 1. The first kappa shape index (κ1) is 23.2. The molecule has 0 atom stereocenters.